The minimum Gasteiger partial charge on any atom is -0.305 e. The average molecular weight is 182 g/mol. The molecular weight excluding hydrogens is 169 g/mol. The zero-order chi connectivity index (χ0) is 9.35. The number of hydrogen-bond donors (Lipinski definition) is 1. The first kappa shape index (κ1) is 9.80. The number of nitrogens with zero attached hydrogens (tertiary/aromatic N) is 1. The van der Waals surface area contributed by atoms with Gasteiger partial charge in [0.15, 0.2) is 0 Å². The third-order valence-corrected chi connectivity index (χ3v) is 2.34. The van der Waals surface area contributed by atoms with Gasteiger partial charge in [0, 0.05) is 6.54 Å². The molecule has 1 aliphatic rings. The molecule has 12 heavy (non-hydrogen) atoms. The Balaban J connectivity index is 2.54. The Morgan fingerprint density at radius 3 is 2.25 bits per heavy atom. The van der Waals surface area contributed by atoms with Crippen molar-refractivity contribution < 1.29 is 13.2 Å². The molecule has 1 fully saturated rings. The van der Waals surface area contributed by atoms with Crippen molar-refractivity contribution in [1.29, 1.82) is 0 Å². The van der Waals surface area contributed by atoms with Gasteiger partial charge in [-0.15, -0.1) is 0 Å². The zero-order valence-corrected chi connectivity index (χ0v) is 7.15. The first-order valence-electron chi connectivity index (χ1n) is 3.89. The highest BCUT2D eigenvalue weighted by Crippen LogP contribution is 2.34. The fourth-order valence-corrected chi connectivity index (χ4v) is 1.57. The number of rotatable bonds is 1. The van der Waals surface area contributed by atoms with Gasteiger partial charge in [0.2, 0.25) is 0 Å². The van der Waals surface area contributed by atoms with Crippen LogP contribution < -0.4 is 5.32 Å². The fourth-order valence-electron chi connectivity index (χ4n) is 1.57. The molecule has 0 bridgehead atoms. The Morgan fingerprint density at radius 1 is 1.42 bits per heavy atom. The molecule has 2 atom stereocenters. The molecule has 1 N–H and O–H groups in total. The highest BCUT2D eigenvalue weighted by atomic mass is 19.4. The quantitative estimate of drug-likeness (QED) is 0.652. The van der Waals surface area contributed by atoms with Crippen molar-refractivity contribution in [3.63, 3.8) is 0 Å². The van der Waals surface area contributed by atoms with Gasteiger partial charge in [-0.2, -0.15) is 13.2 Å². The molecule has 1 aliphatic heterocycles. The second-order valence-electron chi connectivity index (χ2n) is 3.22. The van der Waals surface area contributed by atoms with Crippen molar-refractivity contribution in [2.24, 2.45) is 5.92 Å². The molecule has 0 amide bonds. The number of likely N-dealkylation sites (tertiary alicyclic amines) is 1. The second kappa shape index (κ2) is 3.22. The lowest BCUT2D eigenvalue weighted by molar-refractivity contribution is -0.170. The summed E-state index contributed by atoms with van der Waals surface area (Å²) in [7, 11) is 3.38. The van der Waals surface area contributed by atoms with Crippen LogP contribution in [0.15, 0.2) is 0 Å². The van der Waals surface area contributed by atoms with Crippen molar-refractivity contribution >= 4 is 0 Å². The molecule has 2 nitrogen and oxygen atoms in total. The minimum atomic E-state index is -4.04. The summed E-state index contributed by atoms with van der Waals surface area (Å²) in [5, 5.41) is 2.84. The van der Waals surface area contributed by atoms with Gasteiger partial charge in [-0.25, -0.2) is 0 Å². The van der Waals surface area contributed by atoms with Crippen LogP contribution in [0.25, 0.3) is 0 Å². The van der Waals surface area contributed by atoms with Crippen molar-refractivity contribution in [2.45, 2.75) is 18.8 Å². The Morgan fingerprint density at radius 2 is 2.00 bits per heavy atom. The Hall–Kier alpha value is -0.290. The van der Waals surface area contributed by atoms with Gasteiger partial charge in [0.1, 0.15) is 0 Å². The maximum absolute atomic E-state index is 12.2. The van der Waals surface area contributed by atoms with Crippen molar-refractivity contribution in [3.05, 3.63) is 0 Å². The van der Waals surface area contributed by atoms with Gasteiger partial charge in [0.25, 0.3) is 0 Å². The van der Waals surface area contributed by atoms with E-state index in [0.29, 0.717) is 0 Å². The summed E-state index contributed by atoms with van der Waals surface area (Å²) in [5.74, 6) is -1.17. The van der Waals surface area contributed by atoms with Gasteiger partial charge in [-0.3, -0.25) is 4.90 Å². The van der Waals surface area contributed by atoms with Crippen LogP contribution in [0.2, 0.25) is 0 Å². The van der Waals surface area contributed by atoms with Crippen LogP contribution in [0.3, 0.4) is 0 Å². The number of hydrogen-bond acceptors (Lipinski definition) is 2. The standard InChI is InChI=1S/C7H13F3N2/c1-11-6-3-5(4-12(6)2)7(8,9)10/h5-6,11H,3-4H2,1-2H3. The maximum atomic E-state index is 12.2. The van der Waals surface area contributed by atoms with Crippen LogP contribution in [0, 0.1) is 5.92 Å². The molecule has 0 spiro atoms. The number of nitrogens with one attached hydrogen (secondary N) is 1. The lowest BCUT2D eigenvalue weighted by Gasteiger charge is -2.17. The first-order valence-corrected chi connectivity index (χ1v) is 3.89. The third kappa shape index (κ3) is 1.90. The normalized spacial score (nSPS) is 32.8. The number of halogens is 3. The Kier molecular flexibility index (Phi) is 2.63. The van der Waals surface area contributed by atoms with Crippen LogP contribution in [-0.2, 0) is 0 Å². The summed E-state index contributed by atoms with van der Waals surface area (Å²) >= 11 is 0. The van der Waals surface area contributed by atoms with Crippen molar-refractivity contribution in [3.8, 4) is 0 Å². The van der Waals surface area contributed by atoms with Crippen LogP contribution in [0.5, 0.6) is 0 Å². The van der Waals surface area contributed by atoms with Crippen LogP contribution in [-0.4, -0.2) is 37.9 Å². The summed E-state index contributed by atoms with van der Waals surface area (Å²) in [6.45, 7) is 0.106. The van der Waals surface area contributed by atoms with E-state index in [0.717, 1.165) is 0 Å². The largest absolute Gasteiger partial charge is 0.393 e. The van der Waals surface area contributed by atoms with Crippen LogP contribution in [0.4, 0.5) is 13.2 Å². The van der Waals surface area contributed by atoms with E-state index in [4.69, 9.17) is 0 Å². The second-order valence-corrected chi connectivity index (χ2v) is 3.22. The van der Waals surface area contributed by atoms with E-state index in [1.807, 2.05) is 0 Å². The van der Waals surface area contributed by atoms with E-state index in [1.165, 1.54) is 0 Å². The Labute approximate surface area is 69.7 Å². The predicted molar refractivity (Wildman–Crippen MR) is 39.6 cm³/mol. The predicted octanol–water partition coefficient (Wildman–Crippen LogP) is 1.05. The maximum Gasteiger partial charge on any atom is 0.393 e. The van der Waals surface area contributed by atoms with Gasteiger partial charge in [-0.1, -0.05) is 0 Å². The van der Waals surface area contributed by atoms with E-state index in [1.54, 1.807) is 19.0 Å². The number of alkyl halides is 3. The van der Waals surface area contributed by atoms with Crippen LogP contribution >= 0.6 is 0 Å². The highest BCUT2D eigenvalue weighted by molar-refractivity contribution is 4.84. The van der Waals surface area contributed by atoms with Crippen LogP contribution in [0.1, 0.15) is 6.42 Å². The van der Waals surface area contributed by atoms with E-state index in [-0.39, 0.29) is 19.1 Å². The summed E-state index contributed by atoms with van der Waals surface area (Å²) in [5.41, 5.74) is 0. The summed E-state index contributed by atoms with van der Waals surface area (Å²) < 4.78 is 36.6. The van der Waals surface area contributed by atoms with Crippen molar-refractivity contribution in [2.75, 3.05) is 20.6 Å². The van der Waals surface area contributed by atoms with Gasteiger partial charge >= 0.3 is 6.18 Å². The molecular formula is C7H13F3N2. The SMILES string of the molecule is CNC1CC(C(F)(F)F)CN1C. The average Bonchev–Trinajstić information content (AvgIpc) is 2.29. The molecule has 1 heterocycles. The molecule has 0 saturated carbocycles. The summed E-state index contributed by atoms with van der Waals surface area (Å²) in [6.07, 6.45) is -4.01. The summed E-state index contributed by atoms with van der Waals surface area (Å²) in [4.78, 5) is 1.69. The van der Waals surface area contributed by atoms with E-state index in [9.17, 15) is 13.2 Å². The van der Waals surface area contributed by atoms with E-state index >= 15 is 0 Å². The molecule has 0 aromatic rings. The van der Waals surface area contributed by atoms with Gasteiger partial charge < -0.3 is 5.32 Å². The third-order valence-electron chi connectivity index (χ3n) is 2.34. The Bertz CT molecular complexity index is 157. The highest BCUT2D eigenvalue weighted by Gasteiger charge is 2.45. The topological polar surface area (TPSA) is 15.3 Å². The molecule has 5 heteroatoms. The van der Waals surface area contributed by atoms with E-state index in [2.05, 4.69) is 5.32 Å². The monoisotopic (exact) mass is 182 g/mol. The van der Waals surface area contributed by atoms with E-state index < -0.39 is 12.1 Å². The molecule has 0 aliphatic carbocycles. The minimum absolute atomic E-state index is 0.106. The lowest BCUT2D eigenvalue weighted by Crippen LogP contribution is -2.35. The fraction of sp³-hybridized carbons (Fsp3) is 1.00. The smallest absolute Gasteiger partial charge is 0.305 e. The first-order chi connectivity index (χ1) is 5.45. The molecule has 0 aromatic heterocycles. The molecule has 0 radical (unpaired) electrons. The van der Waals surface area contributed by atoms with Crippen molar-refractivity contribution in [1.82, 2.24) is 10.2 Å². The molecule has 0 aromatic carbocycles. The molecule has 2 unspecified atom stereocenters. The van der Waals surface area contributed by atoms with Gasteiger partial charge in [-0.05, 0) is 20.5 Å². The zero-order valence-electron chi connectivity index (χ0n) is 7.15. The molecule has 1 rings (SSSR count). The lowest BCUT2D eigenvalue weighted by atomic mass is 10.1. The summed E-state index contributed by atoms with van der Waals surface area (Å²) in [6, 6.07) is 0. The molecule has 1 saturated heterocycles. The molecule has 72 valence electrons. The van der Waals surface area contributed by atoms with Gasteiger partial charge in [0.05, 0.1) is 12.1 Å².